The molecule has 72 valence electrons. The topological polar surface area (TPSA) is 17.1 Å². The van der Waals surface area contributed by atoms with Crippen LogP contribution >= 0.6 is 12.6 Å². The Morgan fingerprint density at radius 1 is 1.33 bits per heavy atom. The molecule has 0 fully saturated rings. The van der Waals surface area contributed by atoms with E-state index in [-0.39, 0.29) is 5.12 Å². The van der Waals surface area contributed by atoms with E-state index in [2.05, 4.69) is 26.5 Å². The lowest BCUT2D eigenvalue weighted by Crippen LogP contribution is -1.94. The first-order chi connectivity index (χ1) is 5.66. The highest BCUT2D eigenvalue weighted by Gasteiger charge is 2.00. The Bertz CT molecular complexity index is 123. The van der Waals surface area contributed by atoms with Crippen molar-refractivity contribution in [2.45, 2.75) is 52.4 Å². The molecule has 0 saturated carbocycles. The first-order valence-electron chi connectivity index (χ1n) is 4.88. The predicted octanol–water partition coefficient (Wildman–Crippen LogP) is 3.44. The third-order valence-electron chi connectivity index (χ3n) is 2.12. The largest absolute Gasteiger partial charge is 0.288 e. The number of unbranched alkanes of at least 4 members (excludes halogenated alkanes) is 1. The van der Waals surface area contributed by atoms with Gasteiger partial charge in [0.05, 0.1) is 0 Å². The molecule has 0 aliphatic heterocycles. The van der Waals surface area contributed by atoms with Gasteiger partial charge in [-0.15, -0.1) is 12.6 Å². The zero-order valence-electron chi connectivity index (χ0n) is 8.18. The zero-order valence-corrected chi connectivity index (χ0v) is 9.07. The van der Waals surface area contributed by atoms with E-state index in [4.69, 9.17) is 0 Å². The fourth-order valence-corrected chi connectivity index (χ4v) is 1.56. The van der Waals surface area contributed by atoms with Gasteiger partial charge in [0.2, 0.25) is 0 Å². The molecule has 0 amide bonds. The van der Waals surface area contributed by atoms with Crippen LogP contribution in [0.15, 0.2) is 0 Å². The van der Waals surface area contributed by atoms with E-state index in [1.54, 1.807) is 0 Å². The van der Waals surface area contributed by atoms with Gasteiger partial charge in [-0.05, 0) is 12.3 Å². The average Bonchev–Trinajstić information content (AvgIpc) is 1.98. The second-order valence-electron chi connectivity index (χ2n) is 3.53. The van der Waals surface area contributed by atoms with Gasteiger partial charge in [0.15, 0.2) is 5.12 Å². The Morgan fingerprint density at radius 3 is 2.50 bits per heavy atom. The molecule has 0 aromatic carbocycles. The van der Waals surface area contributed by atoms with Crippen LogP contribution in [0.2, 0.25) is 0 Å². The lowest BCUT2D eigenvalue weighted by Gasteiger charge is -2.08. The van der Waals surface area contributed by atoms with Crippen molar-refractivity contribution in [1.29, 1.82) is 0 Å². The van der Waals surface area contributed by atoms with Crippen molar-refractivity contribution in [1.82, 2.24) is 0 Å². The van der Waals surface area contributed by atoms with Crippen molar-refractivity contribution in [2.24, 2.45) is 5.92 Å². The summed E-state index contributed by atoms with van der Waals surface area (Å²) in [5, 5.41) is 0.0261. The molecule has 0 aliphatic rings. The highest BCUT2D eigenvalue weighted by atomic mass is 32.1. The van der Waals surface area contributed by atoms with Crippen molar-refractivity contribution in [3.05, 3.63) is 0 Å². The number of hydrogen-bond acceptors (Lipinski definition) is 1. The summed E-state index contributed by atoms with van der Waals surface area (Å²) >= 11 is 3.73. The van der Waals surface area contributed by atoms with Crippen molar-refractivity contribution in [3.8, 4) is 0 Å². The third-order valence-corrected chi connectivity index (χ3v) is 2.34. The summed E-state index contributed by atoms with van der Waals surface area (Å²) in [7, 11) is 0. The molecular formula is C10H20OS. The lowest BCUT2D eigenvalue weighted by molar-refractivity contribution is -0.110. The molecule has 1 nitrogen and oxygen atoms in total. The summed E-state index contributed by atoms with van der Waals surface area (Å²) in [5.41, 5.74) is 0. The van der Waals surface area contributed by atoms with Crippen molar-refractivity contribution in [2.75, 3.05) is 0 Å². The van der Waals surface area contributed by atoms with Gasteiger partial charge in [-0.2, -0.15) is 0 Å². The normalized spacial score (nSPS) is 12.9. The Kier molecular flexibility index (Phi) is 7.67. The number of carbonyl (C=O) groups excluding carboxylic acids is 1. The summed E-state index contributed by atoms with van der Waals surface area (Å²) in [6.07, 6.45) is 6.67. The van der Waals surface area contributed by atoms with Crippen LogP contribution < -0.4 is 0 Å². The van der Waals surface area contributed by atoms with Gasteiger partial charge in [-0.25, -0.2) is 0 Å². The van der Waals surface area contributed by atoms with Gasteiger partial charge in [-0.1, -0.05) is 39.5 Å². The molecule has 0 N–H and O–H groups in total. The molecule has 1 unspecified atom stereocenters. The Morgan fingerprint density at radius 2 is 2.00 bits per heavy atom. The van der Waals surface area contributed by atoms with Crippen LogP contribution in [-0.4, -0.2) is 5.12 Å². The molecule has 0 heterocycles. The highest BCUT2D eigenvalue weighted by Crippen LogP contribution is 2.14. The summed E-state index contributed by atoms with van der Waals surface area (Å²) in [5.74, 6) is 0.824. The van der Waals surface area contributed by atoms with Crippen LogP contribution in [0, 0.1) is 5.92 Å². The van der Waals surface area contributed by atoms with Crippen molar-refractivity contribution in [3.63, 3.8) is 0 Å². The van der Waals surface area contributed by atoms with E-state index < -0.39 is 0 Å². The summed E-state index contributed by atoms with van der Waals surface area (Å²) in [6, 6.07) is 0. The van der Waals surface area contributed by atoms with Gasteiger partial charge in [0, 0.05) is 6.42 Å². The Labute approximate surface area is 81.3 Å². The maximum absolute atomic E-state index is 10.5. The molecule has 2 heteroatoms. The molecule has 0 aromatic heterocycles. The van der Waals surface area contributed by atoms with E-state index in [9.17, 15) is 4.79 Å². The van der Waals surface area contributed by atoms with Crippen LogP contribution in [0.1, 0.15) is 52.4 Å². The quantitative estimate of drug-likeness (QED) is 0.478. The van der Waals surface area contributed by atoms with Crippen molar-refractivity contribution >= 4 is 17.7 Å². The number of hydrogen-bond donors (Lipinski definition) is 1. The molecule has 0 aromatic rings. The molecule has 0 spiro atoms. The lowest BCUT2D eigenvalue weighted by atomic mass is 9.99. The standard InChI is InChI=1S/C10H20OS/c1-3-6-9(2)7-4-5-8-10(11)12/h9H,3-8H2,1-2H3,(H,11,12). The van der Waals surface area contributed by atoms with Gasteiger partial charge in [0.25, 0.3) is 0 Å². The first-order valence-corrected chi connectivity index (χ1v) is 5.33. The molecule has 0 saturated heterocycles. The van der Waals surface area contributed by atoms with Gasteiger partial charge >= 0.3 is 0 Å². The van der Waals surface area contributed by atoms with Crippen LogP contribution in [0.25, 0.3) is 0 Å². The minimum absolute atomic E-state index is 0.0261. The predicted molar refractivity (Wildman–Crippen MR) is 56.5 cm³/mol. The second kappa shape index (κ2) is 7.66. The van der Waals surface area contributed by atoms with Gasteiger partial charge in [-0.3, -0.25) is 4.79 Å². The zero-order chi connectivity index (χ0) is 9.40. The first kappa shape index (κ1) is 12.0. The van der Waals surface area contributed by atoms with Gasteiger partial charge < -0.3 is 0 Å². The summed E-state index contributed by atoms with van der Waals surface area (Å²) < 4.78 is 0. The van der Waals surface area contributed by atoms with Crippen LogP contribution in [0.5, 0.6) is 0 Å². The fourth-order valence-electron chi connectivity index (χ4n) is 1.41. The van der Waals surface area contributed by atoms with E-state index in [1.807, 2.05) is 0 Å². The monoisotopic (exact) mass is 188 g/mol. The maximum Gasteiger partial charge on any atom is 0.185 e. The van der Waals surface area contributed by atoms with E-state index in [0.29, 0.717) is 6.42 Å². The van der Waals surface area contributed by atoms with Gasteiger partial charge in [0.1, 0.15) is 0 Å². The smallest absolute Gasteiger partial charge is 0.185 e. The summed E-state index contributed by atoms with van der Waals surface area (Å²) in [6.45, 7) is 4.50. The van der Waals surface area contributed by atoms with E-state index in [1.165, 1.54) is 25.7 Å². The number of thiol groups is 1. The summed E-state index contributed by atoms with van der Waals surface area (Å²) in [4.78, 5) is 10.5. The SMILES string of the molecule is CCCC(C)CCCCC(=O)S. The minimum Gasteiger partial charge on any atom is -0.288 e. The molecule has 0 bridgehead atoms. The Balaban J connectivity index is 3.13. The molecule has 0 radical (unpaired) electrons. The minimum atomic E-state index is 0.0261. The third kappa shape index (κ3) is 8.12. The second-order valence-corrected chi connectivity index (χ2v) is 4.03. The number of rotatable bonds is 7. The maximum atomic E-state index is 10.5. The molecule has 12 heavy (non-hydrogen) atoms. The molecule has 0 rings (SSSR count). The highest BCUT2D eigenvalue weighted by molar-refractivity contribution is 7.96. The molecular weight excluding hydrogens is 168 g/mol. The Hall–Kier alpha value is 0.0200. The van der Waals surface area contributed by atoms with E-state index in [0.717, 1.165) is 12.3 Å². The molecule has 1 atom stereocenters. The fraction of sp³-hybridized carbons (Fsp3) is 0.900. The van der Waals surface area contributed by atoms with E-state index >= 15 is 0 Å². The molecule has 0 aliphatic carbocycles. The van der Waals surface area contributed by atoms with Crippen molar-refractivity contribution < 1.29 is 4.79 Å². The van der Waals surface area contributed by atoms with Crippen LogP contribution in [0.4, 0.5) is 0 Å². The van der Waals surface area contributed by atoms with Crippen LogP contribution in [-0.2, 0) is 4.79 Å². The average molecular weight is 188 g/mol. The van der Waals surface area contributed by atoms with Crippen LogP contribution in [0.3, 0.4) is 0 Å². The number of carbonyl (C=O) groups is 1.